The third-order valence-corrected chi connectivity index (χ3v) is 5.95. The van der Waals surface area contributed by atoms with Crippen molar-refractivity contribution in [3.05, 3.63) is 76.0 Å². The summed E-state index contributed by atoms with van der Waals surface area (Å²) < 4.78 is 2.28. The van der Waals surface area contributed by atoms with E-state index in [-0.39, 0.29) is 0 Å². The van der Waals surface area contributed by atoms with E-state index < -0.39 is 0 Å². The van der Waals surface area contributed by atoms with Crippen molar-refractivity contribution in [2.24, 2.45) is 0 Å². The summed E-state index contributed by atoms with van der Waals surface area (Å²) in [6, 6.07) is 13.5. The third kappa shape index (κ3) is 3.04. The molecule has 0 bridgehead atoms. The van der Waals surface area contributed by atoms with Crippen LogP contribution in [0, 0.1) is 0 Å². The Kier molecular flexibility index (Phi) is 4.50. The zero-order valence-electron chi connectivity index (χ0n) is 14.1. The smallest absolute Gasteiger partial charge is 0.0951 e. The summed E-state index contributed by atoms with van der Waals surface area (Å²) in [5, 5.41) is 2.25. The van der Waals surface area contributed by atoms with E-state index in [1.54, 1.807) is 10.4 Å². The van der Waals surface area contributed by atoms with Crippen LogP contribution in [0.4, 0.5) is 0 Å². The minimum absolute atomic E-state index is 0.542. The Morgan fingerprint density at radius 3 is 2.88 bits per heavy atom. The van der Waals surface area contributed by atoms with Crippen molar-refractivity contribution in [3.63, 3.8) is 0 Å². The van der Waals surface area contributed by atoms with Gasteiger partial charge in [-0.15, -0.1) is 11.3 Å². The van der Waals surface area contributed by atoms with Crippen LogP contribution in [0.25, 0.3) is 0 Å². The molecular weight excluding hydrogens is 314 g/mol. The lowest BCUT2D eigenvalue weighted by molar-refractivity contribution is 0.169. The zero-order valence-corrected chi connectivity index (χ0v) is 14.9. The SMILES string of the molecule is CCC1c2ccsc2CCN1Cc1cncn1Cc1ccccc1. The van der Waals surface area contributed by atoms with Gasteiger partial charge in [-0.3, -0.25) is 4.90 Å². The maximum Gasteiger partial charge on any atom is 0.0951 e. The summed E-state index contributed by atoms with van der Waals surface area (Å²) in [7, 11) is 0. The van der Waals surface area contributed by atoms with Crippen LogP contribution in [-0.4, -0.2) is 21.0 Å². The monoisotopic (exact) mass is 337 g/mol. The molecule has 1 aliphatic heterocycles. The van der Waals surface area contributed by atoms with Gasteiger partial charge in [-0.1, -0.05) is 37.3 Å². The highest BCUT2D eigenvalue weighted by molar-refractivity contribution is 7.10. The first-order valence-corrected chi connectivity index (χ1v) is 9.56. The minimum atomic E-state index is 0.542. The summed E-state index contributed by atoms with van der Waals surface area (Å²) in [5.41, 5.74) is 4.17. The number of thiophene rings is 1. The molecule has 3 nitrogen and oxygen atoms in total. The first-order valence-electron chi connectivity index (χ1n) is 8.68. The summed E-state index contributed by atoms with van der Waals surface area (Å²) in [5.74, 6) is 0. The normalized spacial score (nSPS) is 17.8. The van der Waals surface area contributed by atoms with Crippen LogP contribution < -0.4 is 0 Å². The van der Waals surface area contributed by atoms with E-state index in [1.807, 2.05) is 23.9 Å². The maximum atomic E-state index is 4.41. The average Bonchev–Trinajstić information content (AvgIpc) is 3.25. The van der Waals surface area contributed by atoms with E-state index in [2.05, 4.69) is 63.2 Å². The fraction of sp³-hybridized carbons (Fsp3) is 0.350. The Bertz CT molecular complexity index is 790. The van der Waals surface area contributed by atoms with Gasteiger partial charge in [0, 0.05) is 36.8 Å². The van der Waals surface area contributed by atoms with E-state index in [1.165, 1.54) is 17.7 Å². The Balaban J connectivity index is 1.53. The van der Waals surface area contributed by atoms with Crippen LogP contribution in [0.3, 0.4) is 0 Å². The van der Waals surface area contributed by atoms with Gasteiger partial charge >= 0.3 is 0 Å². The molecule has 0 fully saturated rings. The molecule has 3 aromatic rings. The average molecular weight is 337 g/mol. The molecule has 2 aromatic heterocycles. The van der Waals surface area contributed by atoms with Gasteiger partial charge in [0.05, 0.1) is 12.0 Å². The van der Waals surface area contributed by atoms with E-state index >= 15 is 0 Å². The van der Waals surface area contributed by atoms with Crippen LogP contribution in [0.15, 0.2) is 54.3 Å². The molecule has 4 heteroatoms. The fourth-order valence-corrected chi connectivity index (χ4v) is 4.65. The fourth-order valence-electron chi connectivity index (χ4n) is 3.73. The van der Waals surface area contributed by atoms with Crippen LogP contribution >= 0.6 is 11.3 Å². The lowest BCUT2D eigenvalue weighted by Crippen LogP contribution is -2.34. The second-order valence-electron chi connectivity index (χ2n) is 6.44. The lowest BCUT2D eigenvalue weighted by atomic mass is 9.97. The van der Waals surface area contributed by atoms with Gasteiger partial charge in [0.2, 0.25) is 0 Å². The number of nitrogens with zero attached hydrogens (tertiary/aromatic N) is 3. The Morgan fingerprint density at radius 2 is 2.04 bits per heavy atom. The molecule has 24 heavy (non-hydrogen) atoms. The van der Waals surface area contributed by atoms with Crippen LogP contribution in [0.1, 0.15) is 41.1 Å². The molecule has 0 spiro atoms. The molecule has 0 aliphatic carbocycles. The topological polar surface area (TPSA) is 21.1 Å². The van der Waals surface area contributed by atoms with E-state index in [9.17, 15) is 0 Å². The first-order chi connectivity index (χ1) is 11.8. The molecule has 1 unspecified atom stereocenters. The Morgan fingerprint density at radius 1 is 1.17 bits per heavy atom. The Hall–Kier alpha value is -1.91. The van der Waals surface area contributed by atoms with Gasteiger partial charge in [0.15, 0.2) is 0 Å². The predicted molar refractivity (Wildman–Crippen MR) is 99.2 cm³/mol. The number of hydrogen-bond donors (Lipinski definition) is 0. The molecule has 0 saturated heterocycles. The van der Waals surface area contributed by atoms with E-state index in [0.717, 1.165) is 26.1 Å². The molecule has 0 N–H and O–H groups in total. The molecule has 0 amide bonds. The lowest BCUT2D eigenvalue weighted by Gasteiger charge is -2.35. The number of fused-ring (bicyclic) bond motifs is 1. The van der Waals surface area contributed by atoms with E-state index in [4.69, 9.17) is 0 Å². The summed E-state index contributed by atoms with van der Waals surface area (Å²) in [6.07, 6.45) is 6.33. The number of benzene rings is 1. The molecular formula is C20H23N3S. The number of aromatic nitrogens is 2. The van der Waals surface area contributed by atoms with E-state index in [0.29, 0.717) is 6.04 Å². The second-order valence-corrected chi connectivity index (χ2v) is 7.44. The van der Waals surface area contributed by atoms with Crippen LogP contribution in [0.5, 0.6) is 0 Å². The standard InChI is InChI=1S/C20H23N3S/c1-2-19-18-9-11-24-20(18)8-10-22(19)14-17-12-21-15-23(17)13-16-6-4-3-5-7-16/h3-7,9,11-12,15,19H,2,8,10,13-14H2,1H3. The highest BCUT2D eigenvalue weighted by Crippen LogP contribution is 2.35. The van der Waals surface area contributed by atoms with Gasteiger partial charge in [-0.2, -0.15) is 0 Å². The first kappa shape index (κ1) is 15.6. The number of hydrogen-bond acceptors (Lipinski definition) is 3. The van der Waals surface area contributed by atoms with Gasteiger partial charge in [-0.25, -0.2) is 4.98 Å². The second kappa shape index (κ2) is 6.91. The molecule has 3 heterocycles. The van der Waals surface area contributed by atoms with Crippen LogP contribution in [0.2, 0.25) is 0 Å². The van der Waals surface area contributed by atoms with Gasteiger partial charge in [0.25, 0.3) is 0 Å². The number of imidazole rings is 1. The quantitative estimate of drug-likeness (QED) is 0.683. The number of rotatable bonds is 5. The minimum Gasteiger partial charge on any atom is -0.329 e. The largest absolute Gasteiger partial charge is 0.329 e. The van der Waals surface area contributed by atoms with Crippen molar-refractivity contribution in [3.8, 4) is 0 Å². The molecule has 0 radical (unpaired) electrons. The molecule has 1 aromatic carbocycles. The van der Waals surface area contributed by atoms with Crippen LogP contribution in [-0.2, 0) is 19.5 Å². The molecule has 4 rings (SSSR count). The van der Waals surface area contributed by atoms with Crippen molar-refractivity contribution in [1.29, 1.82) is 0 Å². The van der Waals surface area contributed by atoms with Gasteiger partial charge in [0.1, 0.15) is 0 Å². The summed E-state index contributed by atoms with van der Waals surface area (Å²) in [6.45, 7) is 5.30. The van der Waals surface area contributed by atoms with Gasteiger partial charge in [-0.05, 0) is 35.4 Å². The molecule has 1 atom stereocenters. The molecule has 124 valence electrons. The van der Waals surface area contributed by atoms with Gasteiger partial charge < -0.3 is 4.57 Å². The van der Waals surface area contributed by atoms with Crippen molar-refractivity contribution in [2.45, 2.75) is 38.9 Å². The maximum absolute atomic E-state index is 4.41. The van der Waals surface area contributed by atoms with Crippen molar-refractivity contribution < 1.29 is 0 Å². The summed E-state index contributed by atoms with van der Waals surface area (Å²) >= 11 is 1.92. The summed E-state index contributed by atoms with van der Waals surface area (Å²) in [4.78, 5) is 8.61. The third-order valence-electron chi connectivity index (χ3n) is 4.95. The Labute approximate surface area is 147 Å². The van der Waals surface area contributed by atoms with Crippen molar-refractivity contribution in [1.82, 2.24) is 14.5 Å². The van der Waals surface area contributed by atoms with Crippen molar-refractivity contribution in [2.75, 3.05) is 6.54 Å². The molecule has 0 saturated carbocycles. The highest BCUT2D eigenvalue weighted by atomic mass is 32.1. The predicted octanol–water partition coefficient (Wildman–Crippen LogP) is 4.50. The molecule has 1 aliphatic rings. The van der Waals surface area contributed by atoms with Crippen molar-refractivity contribution >= 4 is 11.3 Å². The zero-order chi connectivity index (χ0) is 16.4. The highest BCUT2D eigenvalue weighted by Gasteiger charge is 2.27.